The third kappa shape index (κ3) is 3.83. The lowest BCUT2D eigenvalue weighted by molar-refractivity contribution is 0.462. The van der Waals surface area contributed by atoms with Gasteiger partial charge < -0.3 is 9.88 Å². The van der Waals surface area contributed by atoms with Crippen LogP contribution in [0.25, 0.3) is 11.0 Å². The number of rotatable bonds is 7. The van der Waals surface area contributed by atoms with Gasteiger partial charge in [0.15, 0.2) is 0 Å². The molecule has 28 heavy (non-hydrogen) atoms. The Bertz CT molecular complexity index is 1060. The molecule has 1 aromatic heterocycles. The second kappa shape index (κ2) is 8.03. The number of aromatic nitrogens is 2. The van der Waals surface area contributed by atoms with Crippen molar-refractivity contribution in [1.82, 2.24) is 19.2 Å². The molecular formula is C21H28N4O2S. The largest absolute Gasteiger partial charge is 0.327 e. The van der Waals surface area contributed by atoms with Crippen LogP contribution in [0.2, 0.25) is 0 Å². The van der Waals surface area contributed by atoms with E-state index in [1.54, 1.807) is 12.1 Å². The molecule has 0 bridgehead atoms. The monoisotopic (exact) mass is 400 g/mol. The number of fused-ring (bicyclic) bond motifs is 1. The van der Waals surface area contributed by atoms with E-state index in [9.17, 15) is 8.42 Å². The number of aryl methyl sites for hydroxylation is 1. The van der Waals surface area contributed by atoms with E-state index in [0.29, 0.717) is 4.90 Å². The minimum atomic E-state index is -3.41. The average molecular weight is 401 g/mol. The number of benzene rings is 2. The molecule has 2 atom stereocenters. The summed E-state index contributed by atoms with van der Waals surface area (Å²) in [5, 5.41) is 3.59. The van der Waals surface area contributed by atoms with E-state index in [-0.39, 0.29) is 12.1 Å². The summed E-state index contributed by atoms with van der Waals surface area (Å²) >= 11 is 0. The van der Waals surface area contributed by atoms with Crippen LogP contribution >= 0.6 is 0 Å². The predicted molar refractivity (Wildman–Crippen MR) is 113 cm³/mol. The SMILES string of the molecule is CCn1c([C@H](C)N[C@H](C)c2ccc(S(=O)(=O)N(C)C)cc2)nc2ccccc21. The van der Waals surface area contributed by atoms with Crippen LogP contribution in [0.15, 0.2) is 53.4 Å². The van der Waals surface area contributed by atoms with Crippen molar-refractivity contribution in [3.63, 3.8) is 0 Å². The predicted octanol–water partition coefficient (Wildman–Crippen LogP) is 3.72. The lowest BCUT2D eigenvalue weighted by Gasteiger charge is -2.21. The Morgan fingerprint density at radius 2 is 1.68 bits per heavy atom. The van der Waals surface area contributed by atoms with Gasteiger partial charge in [-0.3, -0.25) is 0 Å². The van der Waals surface area contributed by atoms with Crippen molar-refractivity contribution >= 4 is 21.1 Å². The highest BCUT2D eigenvalue weighted by Gasteiger charge is 2.20. The zero-order valence-electron chi connectivity index (χ0n) is 17.0. The molecule has 0 aliphatic rings. The molecule has 2 aromatic carbocycles. The summed E-state index contributed by atoms with van der Waals surface area (Å²) < 4.78 is 27.9. The van der Waals surface area contributed by atoms with Gasteiger partial charge in [-0.1, -0.05) is 24.3 Å². The van der Waals surface area contributed by atoms with Gasteiger partial charge in [0.1, 0.15) is 5.82 Å². The molecule has 0 radical (unpaired) electrons. The van der Waals surface area contributed by atoms with Crippen molar-refractivity contribution < 1.29 is 8.42 Å². The minimum absolute atomic E-state index is 0.0486. The zero-order chi connectivity index (χ0) is 20.5. The molecule has 6 nitrogen and oxygen atoms in total. The molecule has 0 spiro atoms. The maximum atomic E-state index is 12.2. The number of hydrogen-bond acceptors (Lipinski definition) is 4. The first-order valence-electron chi connectivity index (χ1n) is 9.49. The third-order valence-corrected chi connectivity index (χ3v) is 6.88. The quantitative estimate of drug-likeness (QED) is 0.656. The first-order valence-corrected chi connectivity index (χ1v) is 10.9. The first kappa shape index (κ1) is 20.5. The summed E-state index contributed by atoms with van der Waals surface area (Å²) in [6.45, 7) is 7.16. The second-order valence-corrected chi connectivity index (χ2v) is 9.32. The molecule has 3 rings (SSSR count). The van der Waals surface area contributed by atoms with Crippen LogP contribution in [0.5, 0.6) is 0 Å². The van der Waals surface area contributed by atoms with Gasteiger partial charge in [0.2, 0.25) is 10.0 Å². The van der Waals surface area contributed by atoms with Gasteiger partial charge in [0.25, 0.3) is 0 Å². The molecule has 3 aromatic rings. The lowest BCUT2D eigenvalue weighted by atomic mass is 10.1. The smallest absolute Gasteiger partial charge is 0.242 e. The fourth-order valence-corrected chi connectivity index (χ4v) is 4.34. The van der Waals surface area contributed by atoms with Gasteiger partial charge in [0, 0.05) is 26.7 Å². The Kier molecular flexibility index (Phi) is 5.88. The third-order valence-electron chi connectivity index (χ3n) is 5.05. The molecule has 0 aliphatic carbocycles. The van der Waals surface area contributed by atoms with E-state index in [1.807, 2.05) is 30.3 Å². The summed E-state index contributed by atoms with van der Waals surface area (Å²) in [5.41, 5.74) is 3.17. The number of imidazole rings is 1. The Morgan fingerprint density at radius 3 is 2.29 bits per heavy atom. The fourth-order valence-electron chi connectivity index (χ4n) is 3.44. The van der Waals surface area contributed by atoms with Gasteiger partial charge >= 0.3 is 0 Å². The van der Waals surface area contributed by atoms with Crippen LogP contribution in [-0.4, -0.2) is 36.4 Å². The van der Waals surface area contributed by atoms with E-state index in [2.05, 4.69) is 36.7 Å². The Balaban J connectivity index is 1.80. The normalized spacial score (nSPS) is 14.5. The molecule has 1 N–H and O–H groups in total. The maximum absolute atomic E-state index is 12.2. The summed E-state index contributed by atoms with van der Waals surface area (Å²) in [4.78, 5) is 5.11. The van der Waals surface area contributed by atoms with E-state index in [4.69, 9.17) is 4.98 Å². The van der Waals surface area contributed by atoms with Crippen molar-refractivity contribution in [3.05, 3.63) is 59.9 Å². The molecule has 0 fully saturated rings. The molecule has 150 valence electrons. The van der Waals surface area contributed by atoms with E-state index in [1.165, 1.54) is 18.4 Å². The summed E-state index contributed by atoms with van der Waals surface area (Å²) in [6, 6.07) is 15.3. The molecule has 0 saturated heterocycles. The lowest BCUT2D eigenvalue weighted by Crippen LogP contribution is -2.25. The van der Waals surface area contributed by atoms with Crippen LogP contribution < -0.4 is 5.32 Å². The van der Waals surface area contributed by atoms with Crippen molar-refractivity contribution in [2.24, 2.45) is 0 Å². The van der Waals surface area contributed by atoms with Gasteiger partial charge in [-0.05, 0) is 50.6 Å². The molecule has 0 aliphatic heterocycles. The highest BCUT2D eigenvalue weighted by molar-refractivity contribution is 7.89. The first-order chi connectivity index (χ1) is 13.3. The van der Waals surface area contributed by atoms with Crippen LogP contribution in [0.3, 0.4) is 0 Å². The van der Waals surface area contributed by atoms with Crippen LogP contribution in [0.4, 0.5) is 0 Å². The molecule has 1 heterocycles. The second-order valence-electron chi connectivity index (χ2n) is 7.17. The fraction of sp³-hybridized carbons (Fsp3) is 0.381. The standard InChI is InChI=1S/C21H28N4O2S/c1-6-25-20-10-8-7-9-19(20)23-21(25)16(3)22-15(2)17-11-13-18(14-12-17)28(26,27)24(4)5/h7-16,22H,6H2,1-5H3/t15-,16+/m1/s1. The Morgan fingerprint density at radius 1 is 1.04 bits per heavy atom. The van der Waals surface area contributed by atoms with E-state index < -0.39 is 10.0 Å². The summed E-state index contributed by atoms with van der Waals surface area (Å²) in [5.74, 6) is 1.00. The number of hydrogen-bond donors (Lipinski definition) is 1. The van der Waals surface area contributed by atoms with Gasteiger partial charge in [-0.15, -0.1) is 0 Å². The zero-order valence-corrected chi connectivity index (χ0v) is 17.9. The number of para-hydroxylation sites is 2. The molecule has 7 heteroatoms. The maximum Gasteiger partial charge on any atom is 0.242 e. The number of sulfonamides is 1. The Labute approximate surface area is 167 Å². The van der Waals surface area contributed by atoms with Crippen LogP contribution in [0.1, 0.15) is 44.2 Å². The van der Waals surface area contributed by atoms with Crippen molar-refractivity contribution in [1.29, 1.82) is 0 Å². The van der Waals surface area contributed by atoms with Crippen LogP contribution in [-0.2, 0) is 16.6 Å². The topological polar surface area (TPSA) is 67.2 Å². The van der Waals surface area contributed by atoms with Crippen molar-refractivity contribution in [2.45, 2.75) is 44.3 Å². The summed E-state index contributed by atoms with van der Waals surface area (Å²) in [6.07, 6.45) is 0. The number of nitrogens with zero attached hydrogens (tertiary/aromatic N) is 3. The highest BCUT2D eigenvalue weighted by Crippen LogP contribution is 2.24. The van der Waals surface area contributed by atoms with Crippen molar-refractivity contribution in [2.75, 3.05) is 14.1 Å². The van der Waals surface area contributed by atoms with Gasteiger partial charge in [-0.25, -0.2) is 17.7 Å². The van der Waals surface area contributed by atoms with Gasteiger partial charge in [0.05, 0.1) is 22.0 Å². The van der Waals surface area contributed by atoms with Crippen molar-refractivity contribution in [3.8, 4) is 0 Å². The molecular weight excluding hydrogens is 372 g/mol. The molecule has 0 saturated carbocycles. The van der Waals surface area contributed by atoms with Gasteiger partial charge in [-0.2, -0.15) is 0 Å². The van der Waals surface area contributed by atoms with E-state index >= 15 is 0 Å². The molecule has 0 unspecified atom stereocenters. The average Bonchev–Trinajstić information content (AvgIpc) is 3.06. The number of nitrogens with one attached hydrogen (secondary N) is 1. The summed E-state index contributed by atoms with van der Waals surface area (Å²) in [7, 11) is -0.336. The highest BCUT2D eigenvalue weighted by atomic mass is 32.2. The Hall–Kier alpha value is -2.22. The van der Waals surface area contributed by atoms with E-state index in [0.717, 1.165) is 29.0 Å². The minimum Gasteiger partial charge on any atom is -0.327 e. The molecule has 0 amide bonds. The van der Waals surface area contributed by atoms with Crippen LogP contribution in [0, 0.1) is 0 Å².